The highest BCUT2D eigenvalue weighted by Crippen LogP contribution is 2.42. The fraction of sp³-hybridized carbons (Fsp3) is 0.286. The summed E-state index contributed by atoms with van der Waals surface area (Å²) >= 11 is 0. The molecule has 1 saturated heterocycles. The molecule has 3 aromatic heterocycles. The summed E-state index contributed by atoms with van der Waals surface area (Å²) in [6.45, 7) is 0. The molecule has 0 bridgehead atoms. The van der Waals surface area contributed by atoms with E-state index in [9.17, 15) is 4.79 Å². The molecular weight excluding hydrogens is 368 g/mol. The molecule has 8 heteroatoms. The molecule has 1 aliphatic heterocycles. The summed E-state index contributed by atoms with van der Waals surface area (Å²) in [5, 5.41) is 10.5. The number of hydrogen-bond acceptors (Lipinski definition) is 6. The molecule has 4 heterocycles. The van der Waals surface area contributed by atoms with Crippen molar-refractivity contribution in [3.8, 4) is 11.5 Å². The van der Waals surface area contributed by atoms with E-state index in [1.165, 1.54) is 0 Å². The molecule has 1 aliphatic rings. The number of carbonyl (C=O) groups excluding carboxylic acids is 1. The van der Waals surface area contributed by atoms with E-state index in [0.29, 0.717) is 30.3 Å². The van der Waals surface area contributed by atoms with E-state index in [-0.39, 0.29) is 17.9 Å². The molecule has 1 amide bonds. The molecule has 0 radical (unpaired) electrons. The number of nitrogens with zero attached hydrogens (tertiary/aromatic N) is 6. The highest BCUT2D eigenvalue weighted by Gasteiger charge is 2.39. The second kappa shape index (κ2) is 6.80. The molecular formula is C21H20N6O2. The zero-order valence-electron chi connectivity index (χ0n) is 16.2. The predicted octanol–water partition coefficient (Wildman–Crippen LogP) is 3.10. The first-order chi connectivity index (χ1) is 14.1. The SMILES string of the molecule is CN1C(=O)CCC(c2nc(-c3nccc4ccccc34)no2)C1c1cnn(C)c1. The molecule has 29 heavy (non-hydrogen) atoms. The van der Waals surface area contributed by atoms with Crippen molar-refractivity contribution in [2.24, 2.45) is 7.05 Å². The molecule has 2 atom stereocenters. The second-order valence-electron chi connectivity index (χ2n) is 7.38. The molecule has 0 N–H and O–H groups in total. The number of likely N-dealkylation sites (N-methyl/N-ethyl adjacent to an activating group) is 1. The zero-order valence-corrected chi connectivity index (χ0v) is 16.2. The van der Waals surface area contributed by atoms with Gasteiger partial charge in [0.15, 0.2) is 0 Å². The number of fused-ring (bicyclic) bond motifs is 1. The Morgan fingerprint density at radius 3 is 2.86 bits per heavy atom. The van der Waals surface area contributed by atoms with E-state index in [1.54, 1.807) is 22.0 Å². The maximum Gasteiger partial charge on any atom is 0.232 e. The average Bonchev–Trinajstić information content (AvgIpc) is 3.39. The van der Waals surface area contributed by atoms with Crippen LogP contribution in [0.15, 0.2) is 53.4 Å². The number of amides is 1. The van der Waals surface area contributed by atoms with Crippen molar-refractivity contribution >= 4 is 16.7 Å². The number of benzene rings is 1. The van der Waals surface area contributed by atoms with Gasteiger partial charge in [0.1, 0.15) is 5.69 Å². The molecule has 1 aromatic carbocycles. The number of rotatable bonds is 3. The number of likely N-dealkylation sites (tertiary alicyclic amines) is 1. The fourth-order valence-corrected chi connectivity index (χ4v) is 4.13. The fourth-order valence-electron chi connectivity index (χ4n) is 4.13. The number of aromatic nitrogens is 5. The maximum absolute atomic E-state index is 12.4. The van der Waals surface area contributed by atoms with Crippen LogP contribution in [0, 0.1) is 0 Å². The van der Waals surface area contributed by atoms with Gasteiger partial charge in [-0.2, -0.15) is 10.1 Å². The van der Waals surface area contributed by atoms with E-state index < -0.39 is 0 Å². The third kappa shape index (κ3) is 2.97. The zero-order chi connectivity index (χ0) is 20.0. The molecule has 5 rings (SSSR count). The van der Waals surface area contributed by atoms with E-state index in [1.807, 2.05) is 50.6 Å². The minimum absolute atomic E-state index is 0.0990. The summed E-state index contributed by atoms with van der Waals surface area (Å²) in [5.74, 6) is 0.980. The van der Waals surface area contributed by atoms with Crippen LogP contribution < -0.4 is 0 Å². The molecule has 2 unspecified atom stereocenters. The van der Waals surface area contributed by atoms with Gasteiger partial charge in [0.05, 0.1) is 18.2 Å². The normalized spacial score (nSPS) is 19.8. The van der Waals surface area contributed by atoms with Gasteiger partial charge < -0.3 is 9.42 Å². The minimum Gasteiger partial charge on any atom is -0.339 e. The lowest BCUT2D eigenvalue weighted by molar-refractivity contribution is -0.135. The summed E-state index contributed by atoms with van der Waals surface area (Å²) in [5.41, 5.74) is 1.65. The Kier molecular flexibility index (Phi) is 4.12. The number of pyridine rings is 1. The van der Waals surface area contributed by atoms with E-state index in [0.717, 1.165) is 16.3 Å². The van der Waals surface area contributed by atoms with Crippen molar-refractivity contribution in [3.63, 3.8) is 0 Å². The quantitative estimate of drug-likeness (QED) is 0.536. The van der Waals surface area contributed by atoms with Crippen LogP contribution in [0.25, 0.3) is 22.3 Å². The Morgan fingerprint density at radius 2 is 2.03 bits per heavy atom. The molecule has 0 aliphatic carbocycles. The number of piperidine rings is 1. The number of aryl methyl sites for hydroxylation is 1. The van der Waals surface area contributed by atoms with Crippen molar-refractivity contribution in [1.29, 1.82) is 0 Å². The van der Waals surface area contributed by atoms with Crippen LogP contribution in [0.4, 0.5) is 0 Å². The number of carbonyl (C=O) groups is 1. The van der Waals surface area contributed by atoms with Gasteiger partial charge in [-0.3, -0.25) is 14.5 Å². The third-order valence-electron chi connectivity index (χ3n) is 5.57. The summed E-state index contributed by atoms with van der Waals surface area (Å²) < 4.78 is 7.42. The van der Waals surface area contributed by atoms with Crippen LogP contribution in [-0.2, 0) is 11.8 Å². The molecule has 4 aromatic rings. The van der Waals surface area contributed by atoms with Gasteiger partial charge >= 0.3 is 0 Å². The van der Waals surface area contributed by atoms with Crippen molar-refractivity contribution < 1.29 is 9.32 Å². The standard InChI is InChI=1S/C21H20N6O2/c1-26-12-14(11-23-26)19-16(7-8-17(28)27(19)2)21-24-20(25-29-21)18-15-6-4-3-5-13(15)9-10-22-18/h3-6,9-12,16,19H,7-8H2,1-2H3. The van der Waals surface area contributed by atoms with Crippen LogP contribution in [-0.4, -0.2) is 42.8 Å². The Bertz CT molecular complexity index is 1190. The highest BCUT2D eigenvalue weighted by molar-refractivity contribution is 5.92. The smallest absolute Gasteiger partial charge is 0.232 e. The Hall–Kier alpha value is -3.55. The first kappa shape index (κ1) is 17.5. The van der Waals surface area contributed by atoms with Gasteiger partial charge in [0.25, 0.3) is 0 Å². The predicted molar refractivity (Wildman–Crippen MR) is 106 cm³/mol. The molecule has 0 spiro atoms. The Morgan fingerprint density at radius 1 is 1.17 bits per heavy atom. The summed E-state index contributed by atoms with van der Waals surface area (Å²) in [6, 6.07) is 9.75. The highest BCUT2D eigenvalue weighted by atomic mass is 16.5. The molecule has 8 nitrogen and oxygen atoms in total. The van der Waals surface area contributed by atoms with Crippen molar-refractivity contribution in [1.82, 2.24) is 29.8 Å². The van der Waals surface area contributed by atoms with E-state index in [4.69, 9.17) is 9.51 Å². The van der Waals surface area contributed by atoms with Crippen molar-refractivity contribution in [2.45, 2.75) is 24.8 Å². The molecule has 0 saturated carbocycles. The van der Waals surface area contributed by atoms with Gasteiger partial charge in [-0.25, -0.2) is 0 Å². The largest absolute Gasteiger partial charge is 0.339 e. The molecule has 1 fully saturated rings. The van der Waals surface area contributed by atoms with Crippen LogP contribution in [0.5, 0.6) is 0 Å². The summed E-state index contributed by atoms with van der Waals surface area (Å²) in [7, 11) is 3.68. The van der Waals surface area contributed by atoms with Crippen molar-refractivity contribution in [2.75, 3.05) is 7.05 Å². The first-order valence-corrected chi connectivity index (χ1v) is 9.54. The maximum atomic E-state index is 12.4. The van der Waals surface area contributed by atoms with Crippen LogP contribution >= 0.6 is 0 Å². The number of hydrogen-bond donors (Lipinski definition) is 0. The monoisotopic (exact) mass is 388 g/mol. The van der Waals surface area contributed by atoms with Gasteiger partial charge in [-0.1, -0.05) is 29.4 Å². The topological polar surface area (TPSA) is 89.9 Å². The van der Waals surface area contributed by atoms with Crippen molar-refractivity contribution in [3.05, 3.63) is 60.4 Å². The minimum atomic E-state index is -0.196. The van der Waals surface area contributed by atoms with Crippen LogP contribution in [0.1, 0.15) is 36.3 Å². The Balaban J connectivity index is 1.55. The lowest BCUT2D eigenvalue weighted by Crippen LogP contribution is -2.39. The second-order valence-corrected chi connectivity index (χ2v) is 7.38. The summed E-state index contributed by atoms with van der Waals surface area (Å²) in [4.78, 5) is 23.3. The van der Waals surface area contributed by atoms with Gasteiger partial charge in [0, 0.05) is 43.9 Å². The van der Waals surface area contributed by atoms with E-state index >= 15 is 0 Å². The van der Waals surface area contributed by atoms with E-state index in [2.05, 4.69) is 15.2 Å². The average molecular weight is 388 g/mol. The lowest BCUT2D eigenvalue weighted by atomic mass is 9.85. The Labute approximate surface area is 167 Å². The van der Waals surface area contributed by atoms with Gasteiger partial charge in [-0.05, 0) is 17.9 Å². The van der Waals surface area contributed by atoms with Gasteiger partial charge in [0.2, 0.25) is 17.6 Å². The molecule has 146 valence electrons. The lowest BCUT2D eigenvalue weighted by Gasteiger charge is -2.36. The van der Waals surface area contributed by atoms with Gasteiger partial charge in [-0.15, -0.1) is 0 Å². The third-order valence-corrected chi connectivity index (χ3v) is 5.57. The summed E-state index contributed by atoms with van der Waals surface area (Å²) in [6.07, 6.45) is 6.56. The van der Waals surface area contributed by atoms with Crippen LogP contribution in [0.2, 0.25) is 0 Å². The van der Waals surface area contributed by atoms with Crippen LogP contribution in [0.3, 0.4) is 0 Å². The first-order valence-electron chi connectivity index (χ1n) is 9.54.